The number of aryl methyl sites for hydroxylation is 1. The monoisotopic (exact) mass is 591 g/mol. The number of aromatic hydroxyl groups is 1. The van der Waals surface area contributed by atoms with E-state index < -0.39 is 47.3 Å². The molecule has 40 heavy (non-hydrogen) atoms. The number of phenolic OH excluding ortho intramolecular Hbond substituents is 1. The molecule has 16 nitrogen and oxygen atoms in total. The van der Waals surface area contributed by atoms with Gasteiger partial charge < -0.3 is 26.2 Å². The quantitative estimate of drug-likeness (QED) is 0.194. The molecule has 3 atom stereocenters. The molecule has 0 aliphatic carbocycles. The Kier molecular flexibility index (Phi) is 8.48. The van der Waals surface area contributed by atoms with Gasteiger partial charge >= 0.3 is 18.0 Å². The summed E-state index contributed by atoms with van der Waals surface area (Å²) in [6, 6.07) is 1.45. The number of amides is 6. The van der Waals surface area contributed by atoms with Crippen LogP contribution in [0, 0.1) is 0 Å². The van der Waals surface area contributed by atoms with E-state index in [2.05, 4.69) is 31.5 Å². The molecule has 18 heteroatoms. The summed E-state index contributed by atoms with van der Waals surface area (Å²) in [6.45, 7) is 0. The summed E-state index contributed by atoms with van der Waals surface area (Å²) < 4.78 is 1.44. The van der Waals surface area contributed by atoms with E-state index in [1.165, 1.54) is 66.6 Å². The molecular formula is C22H25N9O7S2. The molecule has 6 amide bonds. The Balaban J connectivity index is 1.51. The van der Waals surface area contributed by atoms with Crippen molar-refractivity contribution in [2.45, 2.75) is 22.6 Å². The van der Waals surface area contributed by atoms with Crippen molar-refractivity contribution in [2.24, 2.45) is 7.05 Å². The fraction of sp³-hybridized carbons (Fsp3) is 0.364. The van der Waals surface area contributed by atoms with Crippen LogP contribution in [0.1, 0.15) is 11.6 Å². The van der Waals surface area contributed by atoms with Crippen LogP contribution < -0.4 is 16.0 Å². The van der Waals surface area contributed by atoms with E-state index in [0.29, 0.717) is 10.7 Å². The Labute approximate surface area is 235 Å². The average Bonchev–Trinajstić information content (AvgIpc) is 3.36. The molecule has 4 rings (SSSR count). The summed E-state index contributed by atoms with van der Waals surface area (Å²) in [6.07, 6.45) is 0. The molecule has 0 bridgehead atoms. The number of carbonyl (C=O) groups excluding carboxylic acids is 4. The number of fused-ring (bicyclic) bond motifs is 1. The SMILES string of the molecule is CNC(=O)N(C)C(=O)NC(C(=O)NC1C(=O)N2C(C(=O)O)=C(CSc3nnnn3C)CS[C@@H]12)c1ccc(O)cc1. The number of thioether (sulfide) groups is 2. The van der Waals surface area contributed by atoms with Crippen molar-refractivity contribution in [2.75, 3.05) is 25.6 Å². The van der Waals surface area contributed by atoms with Crippen molar-refractivity contribution >= 4 is 53.4 Å². The molecule has 2 unspecified atom stereocenters. The number of aromatic nitrogens is 4. The fourth-order valence-corrected chi connectivity index (χ4v) is 6.31. The van der Waals surface area contributed by atoms with E-state index in [1.807, 2.05) is 0 Å². The van der Waals surface area contributed by atoms with Gasteiger partial charge in [0.15, 0.2) is 0 Å². The van der Waals surface area contributed by atoms with Crippen molar-refractivity contribution in [3.8, 4) is 5.75 Å². The number of tetrazole rings is 1. The summed E-state index contributed by atoms with van der Waals surface area (Å²) >= 11 is 2.52. The number of urea groups is 2. The molecule has 1 fully saturated rings. The molecule has 1 aromatic carbocycles. The van der Waals surface area contributed by atoms with Crippen LogP contribution in [-0.2, 0) is 21.4 Å². The van der Waals surface area contributed by atoms with E-state index in [0.717, 1.165) is 9.80 Å². The number of carboxylic acids is 1. The minimum Gasteiger partial charge on any atom is -0.508 e. The second-order valence-corrected chi connectivity index (χ2v) is 10.7. The predicted molar refractivity (Wildman–Crippen MR) is 141 cm³/mol. The normalized spacial score (nSPS) is 18.8. The first-order valence-corrected chi connectivity index (χ1v) is 13.7. The lowest BCUT2D eigenvalue weighted by Crippen LogP contribution is -2.71. The maximum atomic E-state index is 13.4. The van der Waals surface area contributed by atoms with Crippen molar-refractivity contribution < 1.29 is 34.2 Å². The Morgan fingerprint density at radius 3 is 2.52 bits per heavy atom. The Bertz CT molecular complexity index is 1380. The summed E-state index contributed by atoms with van der Waals surface area (Å²) in [7, 11) is 4.20. The third kappa shape index (κ3) is 5.67. The highest BCUT2D eigenvalue weighted by molar-refractivity contribution is 8.01. The maximum absolute atomic E-state index is 13.4. The Morgan fingerprint density at radius 2 is 1.93 bits per heavy atom. The number of phenols is 1. The summed E-state index contributed by atoms with van der Waals surface area (Å²) in [4.78, 5) is 65.0. The van der Waals surface area contributed by atoms with Crippen LogP contribution in [0.4, 0.5) is 9.59 Å². The molecule has 2 aliphatic rings. The highest BCUT2D eigenvalue weighted by atomic mass is 32.2. The topological polar surface area (TPSA) is 212 Å². The molecule has 1 saturated heterocycles. The summed E-state index contributed by atoms with van der Waals surface area (Å²) in [5.74, 6) is -2.21. The van der Waals surface area contributed by atoms with E-state index in [9.17, 15) is 34.2 Å². The molecular weight excluding hydrogens is 566 g/mol. The Morgan fingerprint density at radius 1 is 1.23 bits per heavy atom. The number of β-lactam (4-membered cyclic amide) rings is 1. The lowest BCUT2D eigenvalue weighted by atomic mass is 10.0. The number of hydrogen-bond donors (Lipinski definition) is 5. The standard InChI is InChI=1S/C22H25N9O7S2/c1-23-20(37)29(2)21(38)25-13(10-4-6-12(32)7-5-10)16(33)24-14-17(34)31-15(19(35)36)11(8-39-18(14)31)9-40-22-26-27-28-30(22)3/h4-7,13-14,18,32H,8-9H2,1-3H3,(H,23,37)(H,24,33)(H,25,38)(H,35,36)/t13?,14?,18-/m0/s1. The van der Waals surface area contributed by atoms with Gasteiger partial charge in [-0.3, -0.25) is 14.5 Å². The van der Waals surface area contributed by atoms with Gasteiger partial charge in [0.25, 0.3) is 5.91 Å². The second kappa shape index (κ2) is 11.8. The Hall–Kier alpha value is -4.32. The van der Waals surface area contributed by atoms with Crippen molar-refractivity contribution in [1.82, 2.24) is 46.0 Å². The molecule has 1 aromatic heterocycles. The van der Waals surface area contributed by atoms with Gasteiger partial charge in [0.2, 0.25) is 11.1 Å². The lowest BCUT2D eigenvalue weighted by molar-refractivity contribution is -0.151. The fourth-order valence-electron chi connectivity index (χ4n) is 3.97. The van der Waals surface area contributed by atoms with E-state index in [-0.39, 0.29) is 28.5 Å². The first-order valence-electron chi connectivity index (χ1n) is 11.6. The molecule has 2 aromatic rings. The van der Waals surface area contributed by atoms with Gasteiger partial charge in [-0.25, -0.2) is 24.0 Å². The molecule has 0 saturated carbocycles. The number of imide groups is 1. The number of benzene rings is 1. The van der Waals surface area contributed by atoms with Crippen LogP contribution in [0.2, 0.25) is 0 Å². The maximum Gasteiger partial charge on any atom is 0.352 e. The molecule has 2 aliphatic heterocycles. The minimum absolute atomic E-state index is 0.0717. The van der Waals surface area contributed by atoms with Gasteiger partial charge in [-0.1, -0.05) is 23.9 Å². The second-order valence-electron chi connectivity index (χ2n) is 8.62. The van der Waals surface area contributed by atoms with Crippen LogP contribution in [0.15, 0.2) is 40.7 Å². The zero-order chi connectivity index (χ0) is 29.1. The lowest BCUT2D eigenvalue weighted by Gasteiger charge is -2.49. The van der Waals surface area contributed by atoms with Crippen molar-refractivity contribution in [3.63, 3.8) is 0 Å². The zero-order valence-electron chi connectivity index (χ0n) is 21.4. The van der Waals surface area contributed by atoms with E-state index in [1.54, 1.807) is 7.05 Å². The van der Waals surface area contributed by atoms with E-state index >= 15 is 0 Å². The molecule has 5 N–H and O–H groups in total. The third-order valence-corrected chi connectivity index (χ3v) is 8.52. The highest BCUT2D eigenvalue weighted by Crippen LogP contribution is 2.41. The van der Waals surface area contributed by atoms with Crippen LogP contribution >= 0.6 is 23.5 Å². The molecule has 0 radical (unpaired) electrons. The molecule has 0 spiro atoms. The first kappa shape index (κ1) is 28.7. The van der Waals surface area contributed by atoms with Crippen LogP contribution in [0.5, 0.6) is 5.75 Å². The number of aliphatic carboxylic acids is 1. The number of nitrogens with one attached hydrogen (secondary N) is 3. The summed E-state index contributed by atoms with van der Waals surface area (Å²) in [5, 5.41) is 37.8. The van der Waals surface area contributed by atoms with E-state index in [4.69, 9.17) is 0 Å². The number of carboxylic acid groups (broad SMARTS) is 1. The number of hydrogen-bond acceptors (Lipinski definition) is 11. The van der Waals surface area contributed by atoms with Crippen LogP contribution in [0.3, 0.4) is 0 Å². The van der Waals surface area contributed by atoms with Gasteiger partial charge in [-0.05, 0) is 33.7 Å². The minimum atomic E-state index is -1.34. The number of rotatable bonds is 8. The van der Waals surface area contributed by atoms with Gasteiger partial charge in [0.05, 0.1) is 0 Å². The van der Waals surface area contributed by atoms with Gasteiger partial charge in [0.1, 0.15) is 28.9 Å². The molecule has 3 heterocycles. The van der Waals surface area contributed by atoms with Crippen molar-refractivity contribution in [1.29, 1.82) is 0 Å². The summed E-state index contributed by atoms with van der Waals surface area (Å²) in [5.41, 5.74) is 0.626. The largest absolute Gasteiger partial charge is 0.508 e. The van der Waals surface area contributed by atoms with Gasteiger partial charge in [-0.2, -0.15) is 0 Å². The first-order chi connectivity index (χ1) is 19.0. The predicted octanol–water partition coefficient (Wildman–Crippen LogP) is -0.531. The molecule has 212 valence electrons. The highest BCUT2D eigenvalue weighted by Gasteiger charge is 2.54. The van der Waals surface area contributed by atoms with Crippen LogP contribution in [0.25, 0.3) is 0 Å². The number of carbonyl (C=O) groups is 5. The third-order valence-electron chi connectivity index (χ3n) is 6.08. The zero-order valence-corrected chi connectivity index (χ0v) is 23.0. The van der Waals surface area contributed by atoms with Crippen molar-refractivity contribution in [3.05, 3.63) is 41.1 Å². The van der Waals surface area contributed by atoms with Gasteiger partial charge in [0, 0.05) is 32.6 Å². The average molecular weight is 592 g/mol. The van der Waals surface area contributed by atoms with Crippen LogP contribution in [-0.4, -0.2) is 107 Å². The van der Waals surface area contributed by atoms with Gasteiger partial charge in [-0.15, -0.1) is 16.9 Å². The number of nitrogens with zero attached hydrogens (tertiary/aromatic N) is 6. The smallest absolute Gasteiger partial charge is 0.352 e.